The van der Waals surface area contributed by atoms with E-state index in [0.29, 0.717) is 50.0 Å². The van der Waals surface area contributed by atoms with Crippen molar-refractivity contribution >= 4 is 11.7 Å². The topological polar surface area (TPSA) is 242 Å². The number of furan rings is 1. The SMILES string of the molecule is COC1CC(OC2CC3=CCC4C(=O)OC(c5ccoc5C)=CCC4C3(C)CC2O)OC(C)C1OC1CC(OC)C(OC2CC(OC)C(OC3OC(CO)C(O)C(O)C3O)C(C)O2)C(C)O1. The van der Waals surface area contributed by atoms with Gasteiger partial charge in [-0.25, -0.2) is 0 Å². The molecule has 1 aromatic rings. The quantitative estimate of drug-likeness (QED) is 0.141. The molecule has 372 valence electrons. The van der Waals surface area contributed by atoms with Gasteiger partial charge in [0.05, 0.1) is 73.2 Å². The average Bonchev–Trinajstić information content (AvgIpc) is 3.64. The molecule has 0 spiro atoms. The Morgan fingerprint density at radius 1 is 0.712 bits per heavy atom. The summed E-state index contributed by atoms with van der Waals surface area (Å²) in [5, 5.41) is 52.4. The van der Waals surface area contributed by atoms with E-state index < -0.39 is 129 Å². The second kappa shape index (κ2) is 20.9. The van der Waals surface area contributed by atoms with Crippen molar-refractivity contribution in [3.8, 4) is 0 Å². The number of aliphatic hydroxyl groups excluding tert-OH is 5. The standard InChI is InChI=1S/C47H70O19/c1-21-26(13-14-57-21)30-12-11-28-27(45(53)62-30)10-9-25-15-31(29(49)19-47(25,28)5)61-36-16-32(54-6)42(22(2)58-36)64-37-17-33(55-7)43(23(3)59-37)65-38-18-34(56-8)44(24(4)60-38)66-46-41(52)40(51)39(50)35(20-48)63-46/h9,12-14,22-24,27-29,31-44,46,48-52H,10-11,15-20H2,1-8H3. The largest absolute Gasteiger partial charge is 0.469 e. The fourth-order valence-corrected chi connectivity index (χ4v) is 11.4. The zero-order valence-corrected chi connectivity index (χ0v) is 39.0. The first-order valence-corrected chi connectivity index (χ1v) is 23.4. The Labute approximate surface area is 385 Å². The van der Waals surface area contributed by atoms with Crippen LogP contribution in [0, 0.1) is 24.2 Å². The molecule has 19 heteroatoms. The minimum absolute atomic E-state index is 0.0488. The van der Waals surface area contributed by atoms with E-state index in [2.05, 4.69) is 13.0 Å². The van der Waals surface area contributed by atoms with E-state index in [1.807, 2.05) is 32.9 Å². The Morgan fingerprint density at radius 3 is 1.80 bits per heavy atom. The monoisotopic (exact) mass is 938 g/mol. The number of aliphatic hydroxyl groups is 5. The molecule has 8 rings (SSSR count). The van der Waals surface area contributed by atoms with Crippen molar-refractivity contribution in [1.82, 2.24) is 0 Å². The summed E-state index contributed by atoms with van der Waals surface area (Å²) in [7, 11) is 4.73. The normalized spacial score (nSPS) is 46.6. The Bertz CT molecular complexity index is 1850. The number of esters is 1. The number of allylic oxidation sites excluding steroid dienone is 2. The second-order valence-corrected chi connectivity index (χ2v) is 19.2. The maximum Gasteiger partial charge on any atom is 0.314 e. The number of carbonyl (C=O) groups excluding carboxylic acids is 1. The van der Waals surface area contributed by atoms with E-state index >= 15 is 0 Å². The van der Waals surface area contributed by atoms with Gasteiger partial charge in [-0.3, -0.25) is 4.79 Å². The number of fused-ring (bicyclic) bond motifs is 3. The lowest BCUT2D eigenvalue weighted by molar-refractivity contribution is -0.357. The maximum absolute atomic E-state index is 13.5. The van der Waals surface area contributed by atoms with Crippen molar-refractivity contribution in [2.24, 2.45) is 17.3 Å². The molecule has 2 aliphatic carbocycles. The number of hydrogen-bond acceptors (Lipinski definition) is 19. The number of aryl methyl sites for hydroxylation is 1. The summed E-state index contributed by atoms with van der Waals surface area (Å²) in [5.74, 6) is 0.573. The van der Waals surface area contributed by atoms with E-state index in [4.69, 9.17) is 61.3 Å². The van der Waals surface area contributed by atoms with Gasteiger partial charge in [0, 0.05) is 40.6 Å². The van der Waals surface area contributed by atoms with Gasteiger partial charge in [-0.05, 0) is 76.9 Å². The van der Waals surface area contributed by atoms with Crippen molar-refractivity contribution < 1.29 is 91.6 Å². The third kappa shape index (κ3) is 9.97. The van der Waals surface area contributed by atoms with Crippen molar-refractivity contribution in [2.75, 3.05) is 27.9 Å². The molecule has 5 fully saturated rings. The number of carbonyl (C=O) groups is 1. The van der Waals surface area contributed by atoms with Crippen LogP contribution in [0.1, 0.15) is 84.0 Å². The number of methoxy groups -OCH3 is 3. The highest BCUT2D eigenvalue weighted by Crippen LogP contribution is 2.56. The second-order valence-electron chi connectivity index (χ2n) is 19.2. The van der Waals surface area contributed by atoms with Crippen LogP contribution in [0.3, 0.4) is 0 Å². The van der Waals surface area contributed by atoms with Crippen LogP contribution in [0.25, 0.3) is 5.76 Å². The van der Waals surface area contributed by atoms with Gasteiger partial charge >= 0.3 is 5.97 Å². The first kappa shape index (κ1) is 50.0. The van der Waals surface area contributed by atoms with Gasteiger partial charge in [0.25, 0.3) is 0 Å². The maximum atomic E-state index is 13.5. The van der Waals surface area contributed by atoms with E-state index in [1.165, 1.54) is 12.7 Å². The summed E-state index contributed by atoms with van der Waals surface area (Å²) in [6.07, 6.45) is -6.78. The molecule has 22 atom stereocenters. The Morgan fingerprint density at radius 2 is 1.27 bits per heavy atom. The molecular formula is C47H70O19. The average molecular weight is 939 g/mol. The van der Waals surface area contributed by atoms with Gasteiger partial charge < -0.3 is 86.8 Å². The molecule has 7 aliphatic rings. The van der Waals surface area contributed by atoms with Gasteiger partial charge in [0.1, 0.15) is 54.2 Å². The summed E-state index contributed by atoms with van der Waals surface area (Å²) >= 11 is 0. The Kier molecular flexibility index (Phi) is 15.8. The summed E-state index contributed by atoms with van der Waals surface area (Å²) < 4.78 is 79.5. The first-order chi connectivity index (χ1) is 31.6. The molecule has 0 bridgehead atoms. The van der Waals surface area contributed by atoms with Gasteiger partial charge in [0.2, 0.25) is 0 Å². The predicted molar refractivity (Wildman–Crippen MR) is 228 cm³/mol. The summed E-state index contributed by atoms with van der Waals surface area (Å²) in [6.45, 7) is 8.94. The molecule has 1 saturated carbocycles. The number of cyclic esters (lactones) is 1. The van der Waals surface area contributed by atoms with Crippen LogP contribution >= 0.6 is 0 Å². The highest BCUT2D eigenvalue weighted by molar-refractivity contribution is 5.82. The molecule has 5 aliphatic heterocycles. The number of ether oxygens (including phenoxy) is 12. The van der Waals surface area contributed by atoms with Crippen LogP contribution in [-0.4, -0.2) is 176 Å². The molecule has 19 nitrogen and oxygen atoms in total. The minimum atomic E-state index is -1.59. The molecule has 4 saturated heterocycles. The predicted octanol–water partition coefficient (Wildman–Crippen LogP) is 2.39. The highest BCUT2D eigenvalue weighted by atomic mass is 16.8. The van der Waals surface area contributed by atoms with E-state index in [1.54, 1.807) is 27.4 Å². The molecule has 1 aromatic heterocycles. The molecule has 5 N–H and O–H groups in total. The molecule has 6 heterocycles. The highest BCUT2D eigenvalue weighted by Gasteiger charge is 2.54. The molecule has 0 radical (unpaired) electrons. The molecule has 66 heavy (non-hydrogen) atoms. The fourth-order valence-electron chi connectivity index (χ4n) is 11.4. The Hall–Kier alpha value is -2.41. The van der Waals surface area contributed by atoms with Crippen LogP contribution in [0.15, 0.2) is 34.5 Å². The Balaban J connectivity index is 0.841. The lowest BCUT2D eigenvalue weighted by Gasteiger charge is -2.51. The smallest absolute Gasteiger partial charge is 0.314 e. The zero-order chi connectivity index (χ0) is 47.2. The third-order valence-corrected chi connectivity index (χ3v) is 15.2. The van der Waals surface area contributed by atoms with Gasteiger partial charge in [0.15, 0.2) is 25.2 Å². The number of hydrogen-bond donors (Lipinski definition) is 5. The minimum Gasteiger partial charge on any atom is -0.469 e. The van der Waals surface area contributed by atoms with Crippen molar-refractivity contribution in [1.29, 1.82) is 0 Å². The van der Waals surface area contributed by atoms with Gasteiger partial charge in [-0.2, -0.15) is 0 Å². The van der Waals surface area contributed by atoms with Crippen LogP contribution < -0.4 is 0 Å². The van der Waals surface area contributed by atoms with Crippen LogP contribution in [0.5, 0.6) is 0 Å². The third-order valence-electron chi connectivity index (χ3n) is 15.2. The van der Waals surface area contributed by atoms with E-state index in [-0.39, 0.29) is 24.2 Å². The fraction of sp³-hybridized carbons (Fsp3) is 0.809. The van der Waals surface area contributed by atoms with Gasteiger partial charge in [-0.15, -0.1) is 0 Å². The van der Waals surface area contributed by atoms with Crippen LogP contribution in [0.2, 0.25) is 0 Å². The lowest BCUT2D eigenvalue weighted by atomic mass is 9.55. The summed E-state index contributed by atoms with van der Waals surface area (Å²) in [4.78, 5) is 13.5. The molecule has 0 aromatic carbocycles. The van der Waals surface area contributed by atoms with Gasteiger partial charge in [-0.1, -0.05) is 18.6 Å². The van der Waals surface area contributed by atoms with E-state index in [0.717, 1.165) is 5.56 Å². The molecular weight excluding hydrogens is 868 g/mol. The molecule has 22 unspecified atom stereocenters. The van der Waals surface area contributed by atoms with E-state index in [9.17, 15) is 30.3 Å². The molecule has 0 amide bonds. The first-order valence-electron chi connectivity index (χ1n) is 23.4. The number of rotatable bonds is 13. The summed E-state index contributed by atoms with van der Waals surface area (Å²) in [6, 6.07) is 1.81. The summed E-state index contributed by atoms with van der Waals surface area (Å²) in [5.41, 5.74) is 1.51. The lowest BCUT2D eigenvalue weighted by Crippen LogP contribution is -2.62. The van der Waals surface area contributed by atoms with Crippen LogP contribution in [0.4, 0.5) is 0 Å². The zero-order valence-electron chi connectivity index (χ0n) is 39.0. The van der Waals surface area contributed by atoms with Crippen molar-refractivity contribution in [3.63, 3.8) is 0 Å². The van der Waals surface area contributed by atoms with Crippen molar-refractivity contribution in [2.45, 2.75) is 196 Å². The van der Waals surface area contributed by atoms with Crippen molar-refractivity contribution in [3.05, 3.63) is 41.4 Å². The van der Waals surface area contributed by atoms with Crippen LogP contribution in [-0.2, 0) is 61.6 Å².